The maximum Gasteiger partial charge on any atom is 0.526 e. The molecule has 2 aliphatic heterocycles. The van der Waals surface area contributed by atoms with Crippen molar-refractivity contribution in [1.29, 1.82) is 0 Å². The summed E-state index contributed by atoms with van der Waals surface area (Å²) in [5, 5.41) is 23.3. The summed E-state index contributed by atoms with van der Waals surface area (Å²) >= 11 is 0. The van der Waals surface area contributed by atoms with Crippen molar-refractivity contribution < 1.29 is 29.1 Å². The van der Waals surface area contributed by atoms with Gasteiger partial charge in [-0.3, -0.25) is 4.79 Å². The minimum Gasteiger partial charge on any atom is -0.535 e. The van der Waals surface area contributed by atoms with Crippen LogP contribution in [0.5, 0.6) is 11.5 Å². The van der Waals surface area contributed by atoms with Crippen molar-refractivity contribution in [3.05, 3.63) is 23.3 Å². The van der Waals surface area contributed by atoms with E-state index < -0.39 is 13.1 Å². The van der Waals surface area contributed by atoms with Gasteiger partial charge in [-0.05, 0) is 55.6 Å². The van der Waals surface area contributed by atoms with Crippen LogP contribution in [0.25, 0.3) is 0 Å². The molecule has 33 heavy (non-hydrogen) atoms. The zero-order chi connectivity index (χ0) is 23.1. The summed E-state index contributed by atoms with van der Waals surface area (Å²) in [6, 6.07) is 4.03. The number of likely N-dealkylation sites (tertiary alicyclic amines) is 1. The minimum atomic E-state index is -1.14. The molecule has 2 aliphatic carbocycles. The predicted octanol–water partition coefficient (Wildman–Crippen LogP) is 1.20. The zero-order valence-electron chi connectivity index (χ0n) is 18.7. The quantitative estimate of drug-likeness (QED) is 0.428. The Balaban J connectivity index is 1.13. The average Bonchev–Trinajstić information content (AvgIpc) is 3.56. The van der Waals surface area contributed by atoms with Gasteiger partial charge in [0, 0.05) is 31.4 Å². The number of amides is 1. The largest absolute Gasteiger partial charge is 0.535 e. The summed E-state index contributed by atoms with van der Waals surface area (Å²) in [7, 11) is -0.973. The van der Waals surface area contributed by atoms with E-state index >= 15 is 0 Å². The van der Waals surface area contributed by atoms with Gasteiger partial charge in [0.25, 0.3) is 0 Å². The number of hydrogen-bond donors (Lipinski definition) is 4. The van der Waals surface area contributed by atoms with E-state index in [2.05, 4.69) is 5.32 Å². The number of nitrogens with one attached hydrogen (secondary N) is 1. The minimum absolute atomic E-state index is 0.0401. The molecule has 3 fully saturated rings. The van der Waals surface area contributed by atoms with Crippen molar-refractivity contribution in [2.24, 2.45) is 11.7 Å². The molecule has 1 aromatic rings. The summed E-state index contributed by atoms with van der Waals surface area (Å²) in [5.74, 6) is 0.0689. The Kier molecular flexibility index (Phi) is 6.24. The number of fused-ring (bicyclic) bond motifs is 3. The van der Waals surface area contributed by atoms with Gasteiger partial charge >= 0.3 is 13.1 Å². The van der Waals surface area contributed by atoms with Crippen LogP contribution in [0.4, 0.5) is 0 Å². The highest BCUT2D eigenvalue weighted by molar-refractivity contribution is 6.48. The lowest BCUT2D eigenvalue weighted by Gasteiger charge is -2.40. The number of carboxylic acids is 1. The summed E-state index contributed by atoms with van der Waals surface area (Å²) in [4.78, 5) is 26.4. The van der Waals surface area contributed by atoms with Crippen LogP contribution in [0, 0.1) is 5.92 Å². The smallest absolute Gasteiger partial charge is 0.526 e. The van der Waals surface area contributed by atoms with Crippen LogP contribution in [0.1, 0.15) is 60.4 Å². The van der Waals surface area contributed by atoms with Gasteiger partial charge in [-0.25, -0.2) is 4.79 Å². The summed E-state index contributed by atoms with van der Waals surface area (Å²) < 4.78 is 11.5. The van der Waals surface area contributed by atoms with Crippen molar-refractivity contribution in [2.45, 2.75) is 62.4 Å². The summed E-state index contributed by atoms with van der Waals surface area (Å²) in [6.07, 6.45) is 5.38. The monoisotopic (exact) mass is 457 g/mol. The van der Waals surface area contributed by atoms with Crippen molar-refractivity contribution >= 4 is 19.0 Å². The molecule has 1 amide bonds. The molecule has 2 heterocycles. The molecular weight excluding hydrogens is 425 g/mol. The molecule has 178 valence electrons. The molecule has 9 nitrogen and oxygen atoms in total. The van der Waals surface area contributed by atoms with Gasteiger partial charge in [0.2, 0.25) is 5.91 Å². The fraction of sp³-hybridized carbons (Fsp3) is 0.652. The Hall–Kier alpha value is -2.30. The first-order chi connectivity index (χ1) is 15.9. The second kappa shape index (κ2) is 9.16. The van der Waals surface area contributed by atoms with Gasteiger partial charge in [-0.2, -0.15) is 0 Å². The lowest BCUT2D eigenvalue weighted by Crippen LogP contribution is -2.56. The van der Waals surface area contributed by atoms with Crippen LogP contribution < -0.4 is 20.4 Å². The Morgan fingerprint density at radius 1 is 1.24 bits per heavy atom. The molecule has 0 spiro atoms. The van der Waals surface area contributed by atoms with Crippen LogP contribution in [0.3, 0.4) is 0 Å². The fourth-order valence-corrected chi connectivity index (χ4v) is 5.53. The van der Waals surface area contributed by atoms with Crippen molar-refractivity contribution in [1.82, 2.24) is 10.2 Å². The van der Waals surface area contributed by atoms with Gasteiger partial charge in [-0.15, -0.1) is 0 Å². The van der Waals surface area contributed by atoms with Crippen LogP contribution in [-0.2, 0) is 4.79 Å². The van der Waals surface area contributed by atoms with E-state index in [1.165, 1.54) is 0 Å². The number of rotatable bonds is 8. The topological polar surface area (TPSA) is 134 Å². The Labute approximate surface area is 193 Å². The average molecular weight is 457 g/mol. The number of benzene rings is 1. The molecule has 5 rings (SSSR count). The second-order valence-corrected chi connectivity index (χ2v) is 9.88. The molecule has 2 atom stereocenters. The number of carbonyl (C=O) groups is 2. The van der Waals surface area contributed by atoms with Gasteiger partial charge < -0.3 is 35.5 Å². The van der Waals surface area contributed by atoms with Gasteiger partial charge in [0.1, 0.15) is 23.2 Å². The molecule has 1 aromatic carbocycles. The van der Waals surface area contributed by atoms with Gasteiger partial charge in [0.05, 0.1) is 13.1 Å². The number of hydrogen-bond acceptors (Lipinski definition) is 7. The van der Waals surface area contributed by atoms with Gasteiger partial charge in [0.15, 0.2) is 0 Å². The SMILES string of the molecule is NCCN[C@H]1CC[C@H](CC(=O)N2CC(Oc3ccc4c(c3C(=O)O)OB(O)[C@H]3C[C@@H]43)C2)CC1. The summed E-state index contributed by atoms with van der Waals surface area (Å²) in [5.41, 5.74) is 6.34. The number of carbonyl (C=O) groups excluding carboxylic acids is 1. The van der Waals surface area contributed by atoms with E-state index in [0.29, 0.717) is 38.0 Å². The third-order valence-electron chi connectivity index (χ3n) is 7.59. The maximum atomic E-state index is 12.7. The van der Waals surface area contributed by atoms with Crippen molar-refractivity contribution in [3.63, 3.8) is 0 Å². The lowest BCUT2D eigenvalue weighted by molar-refractivity contribution is -0.141. The third kappa shape index (κ3) is 4.56. The van der Waals surface area contributed by atoms with Crippen LogP contribution >= 0.6 is 0 Å². The first-order valence-electron chi connectivity index (χ1n) is 12.1. The molecule has 1 saturated heterocycles. The van der Waals surface area contributed by atoms with Crippen molar-refractivity contribution in [3.8, 4) is 11.5 Å². The molecule has 0 bridgehead atoms. The van der Waals surface area contributed by atoms with E-state index in [0.717, 1.165) is 44.2 Å². The summed E-state index contributed by atoms with van der Waals surface area (Å²) in [6.45, 7) is 2.39. The number of nitrogens with zero attached hydrogens (tertiary/aromatic N) is 1. The number of nitrogens with two attached hydrogens (primary N) is 1. The lowest BCUT2D eigenvalue weighted by atomic mass is 9.77. The first kappa shape index (κ1) is 22.5. The number of aromatic carboxylic acids is 1. The maximum absolute atomic E-state index is 12.7. The van der Waals surface area contributed by atoms with Crippen LogP contribution in [0.15, 0.2) is 12.1 Å². The Morgan fingerprint density at radius 2 is 2.00 bits per heavy atom. The predicted molar refractivity (Wildman–Crippen MR) is 122 cm³/mol. The van der Waals surface area contributed by atoms with E-state index in [9.17, 15) is 19.7 Å². The fourth-order valence-electron chi connectivity index (χ4n) is 5.53. The Bertz CT molecular complexity index is 916. The number of ether oxygens (including phenoxy) is 1. The van der Waals surface area contributed by atoms with E-state index in [-0.39, 0.29) is 40.8 Å². The highest BCUT2D eigenvalue weighted by atomic mass is 16.5. The highest BCUT2D eigenvalue weighted by Crippen LogP contribution is 2.60. The third-order valence-corrected chi connectivity index (χ3v) is 7.59. The molecular formula is C23H32BN3O6. The number of carboxylic acid groups (broad SMARTS) is 1. The van der Waals surface area contributed by atoms with Crippen molar-refractivity contribution in [2.75, 3.05) is 26.2 Å². The molecule has 0 unspecified atom stereocenters. The zero-order valence-corrected chi connectivity index (χ0v) is 18.7. The van der Waals surface area contributed by atoms with E-state index in [1.54, 1.807) is 11.0 Å². The molecule has 2 saturated carbocycles. The first-order valence-corrected chi connectivity index (χ1v) is 12.1. The van der Waals surface area contributed by atoms with Crippen LogP contribution in [0.2, 0.25) is 5.82 Å². The normalized spacial score (nSPS) is 28.3. The molecule has 0 radical (unpaired) electrons. The Morgan fingerprint density at radius 3 is 2.70 bits per heavy atom. The molecule has 10 heteroatoms. The van der Waals surface area contributed by atoms with Crippen LogP contribution in [-0.4, -0.2) is 72.4 Å². The van der Waals surface area contributed by atoms with E-state index in [4.69, 9.17) is 15.1 Å². The van der Waals surface area contributed by atoms with Gasteiger partial charge in [-0.1, -0.05) is 6.07 Å². The second-order valence-electron chi connectivity index (χ2n) is 9.88. The highest BCUT2D eigenvalue weighted by Gasteiger charge is 2.54. The van der Waals surface area contributed by atoms with E-state index in [1.807, 2.05) is 6.07 Å². The molecule has 5 N–H and O–H groups in total. The molecule has 0 aromatic heterocycles. The molecule has 4 aliphatic rings. The standard InChI is InChI=1S/C23H32BN3O6/c25-7-8-26-14-3-1-13(2-4-14)9-20(28)27-11-15(12-27)32-19-6-5-16-17-10-18(17)24(31)33-22(16)21(19)23(29)30/h5-6,13-15,17-18,26,31H,1-4,7-12,25H2,(H,29,30)/t13-,14-,17-,18-/m0/s1.